The largest absolute Gasteiger partial charge is 0.449 e. The number of aryl methyl sites for hydroxylation is 2. The molecular weight excluding hydrogens is 426 g/mol. The number of para-hydroxylation sites is 2. The van der Waals surface area contributed by atoms with Gasteiger partial charge in [0.1, 0.15) is 5.82 Å². The van der Waals surface area contributed by atoms with Crippen LogP contribution in [0.2, 0.25) is 0 Å². The van der Waals surface area contributed by atoms with E-state index in [-0.39, 0.29) is 5.91 Å². The van der Waals surface area contributed by atoms with Crippen molar-refractivity contribution in [1.29, 1.82) is 0 Å². The van der Waals surface area contributed by atoms with Gasteiger partial charge in [-0.15, -0.1) is 0 Å². The van der Waals surface area contributed by atoms with Gasteiger partial charge in [-0.2, -0.15) is 0 Å². The van der Waals surface area contributed by atoms with Gasteiger partial charge in [0.05, 0.1) is 22.3 Å². The Morgan fingerprint density at radius 3 is 2.03 bits per heavy atom. The molecule has 2 heterocycles. The van der Waals surface area contributed by atoms with Crippen LogP contribution in [0.1, 0.15) is 39.9 Å². The van der Waals surface area contributed by atoms with E-state index in [4.69, 9.17) is 4.74 Å². The van der Waals surface area contributed by atoms with Gasteiger partial charge in [0, 0.05) is 22.0 Å². The van der Waals surface area contributed by atoms with Crippen molar-refractivity contribution in [2.24, 2.45) is 0 Å². The van der Waals surface area contributed by atoms with Gasteiger partial charge in [-0.3, -0.25) is 9.36 Å². The predicted molar refractivity (Wildman–Crippen MR) is 133 cm³/mol. The van der Waals surface area contributed by atoms with E-state index < -0.39 is 12.1 Å². The van der Waals surface area contributed by atoms with Gasteiger partial charge >= 0.3 is 5.97 Å². The molecule has 6 heteroatoms. The van der Waals surface area contributed by atoms with E-state index >= 15 is 0 Å². The molecular formula is C28H25N3O3. The zero-order valence-electron chi connectivity index (χ0n) is 19.3. The molecule has 0 aliphatic heterocycles. The molecule has 0 fully saturated rings. The maximum atomic E-state index is 13.6. The molecule has 0 bridgehead atoms. The van der Waals surface area contributed by atoms with Gasteiger partial charge in [0.25, 0.3) is 5.91 Å². The molecule has 1 atom stereocenters. The Kier molecular flexibility index (Phi) is 5.49. The van der Waals surface area contributed by atoms with Gasteiger partial charge in [0.2, 0.25) is 0 Å². The van der Waals surface area contributed by atoms with Crippen molar-refractivity contribution in [3.05, 3.63) is 89.7 Å². The lowest BCUT2D eigenvalue weighted by atomic mass is 10.1. The van der Waals surface area contributed by atoms with Crippen LogP contribution in [0.5, 0.6) is 0 Å². The number of hydrogen-bond donors (Lipinski definition) is 1. The summed E-state index contributed by atoms with van der Waals surface area (Å²) in [4.78, 5) is 34.2. The molecule has 0 aliphatic carbocycles. The number of fused-ring (bicyclic) bond motifs is 3. The van der Waals surface area contributed by atoms with E-state index in [1.54, 1.807) is 16.7 Å². The zero-order chi connectivity index (χ0) is 23.8. The van der Waals surface area contributed by atoms with Crippen molar-refractivity contribution >= 4 is 33.7 Å². The van der Waals surface area contributed by atoms with Crippen molar-refractivity contribution in [3.63, 3.8) is 0 Å². The molecule has 0 aliphatic rings. The maximum absolute atomic E-state index is 13.6. The van der Waals surface area contributed by atoms with Crippen molar-refractivity contribution in [3.8, 4) is 11.4 Å². The highest BCUT2D eigenvalue weighted by Crippen LogP contribution is 2.29. The van der Waals surface area contributed by atoms with Crippen LogP contribution in [0.3, 0.4) is 0 Å². The second-order valence-electron chi connectivity index (χ2n) is 8.38. The van der Waals surface area contributed by atoms with Crippen LogP contribution < -0.4 is 0 Å². The number of nitrogens with zero attached hydrogens (tertiary/aromatic N) is 2. The number of imidazole rings is 1. The lowest BCUT2D eigenvalue weighted by molar-refractivity contribution is 0.0245. The molecule has 0 saturated carbocycles. The van der Waals surface area contributed by atoms with Crippen LogP contribution in [-0.4, -0.2) is 32.5 Å². The average Bonchev–Trinajstić information content (AvgIpc) is 3.38. The second-order valence-corrected chi connectivity index (χ2v) is 8.38. The van der Waals surface area contributed by atoms with E-state index in [2.05, 4.69) is 9.97 Å². The summed E-state index contributed by atoms with van der Waals surface area (Å²) in [6.45, 7) is 5.76. The highest BCUT2D eigenvalue weighted by Gasteiger charge is 2.26. The molecule has 170 valence electrons. The number of hydrogen-bond acceptors (Lipinski definition) is 4. The minimum atomic E-state index is -0.901. The topological polar surface area (TPSA) is 77.0 Å². The molecule has 0 radical (unpaired) electrons. The number of benzene rings is 3. The maximum Gasteiger partial charge on any atom is 0.338 e. The molecule has 0 saturated heterocycles. The van der Waals surface area contributed by atoms with Crippen LogP contribution in [0.4, 0.5) is 0 Å². The summed E-state index contributed by atoms with van der Waals surface area (Å²) in [6, 6.07) is 22.6. The molecule has 34 heavy (non-hydrogen) atoms. The number of rotatable bonds is 5. The number of ether oxygens (including phenoxy) is 1. The molecule has 2 aromatic heterocycles. The molecule has 3 aromatic carbocycles. The first kappa shape index (κ1) is 21.6. The number of carbonyl (C=O) groups excluding carboxylic acids is 2. The zero-order valence-corrected chi connectivity index (χ0v) is 19.3. The first-order valence-electron chi connectivity index (χ1n) is 11.3. The van der Waals surface area contributed by atoms with Crippen molar-refractivity contribution in [1.82, 2.24) is 14.5 Å². The summed E-state index contributed by atoms with van der Waals surface area (Å²) in [5.74, 6) is -0.0337. The highest BCUT2D eigenvalue weighted by atomic mass is 16.5. The van der Waals surface area contributed by atoms with Gasteiger partial charge in [-0.05, 0) is 44.5 Å². The average molecular weight is 452 g/mol. The minimum Gasteiger partial charge on any atom is -0.449 e. The third-order valence-electron chi connectivity index (χ3n) is 6.22. The second kappa shape index (κ2) is 8.63. The minimum absolute atomic E-state index is 0.258. The quantitative estimate of drug-likeness (QED) is 0.329. The summed E-state index contributed by atoms with van der Waals surface area (Å²) in [7, 11) is 0. The summed E-state index contributed by atoms with van der Waals surface area (Å²) in [5.41, 5.74) is 4.81. The van der Waals surface area contributed by atoms with Crippen LogP contribution in [0.15, 0.2) is 72.8 Å². The van der Waals surface area contributed by atoms with Crippen LogP contribution in [-0.2, 0) is 4.74 Å². The van der Waals surface area contributed by atoms with Gasteiger partial charge < -0.3 is 9.72 Å². The summed E-state index contributed by atoms with van der Waals surface area (Å²) in [5, 5.41) is 1.98. The fourth-order valence-electron chi connectivity index (χ4n) is 4.26. The molecule has 0 spiro atoms. The van der Waals surface area contributed by atoms with Crippen molar-refractivity contribution < 1.29 is 14.3 Å². The first-order valence-corrected chi connectivity index (χ1v) is 11.3. The molecule has 0 amide bonds. The SMILES string of the molecule is CCC(OC(=O)c1ccc(-c2nc(C)c(C)[nH]2)cc1)C(=O)n1c2ccccc2c2ccccc21. The summed E-state index contributed by atoms with van der Waals surface area (Å²) in [6.07, 6.45) is -0.532. The smallest absolute Gasteiger partial charge is 0.338 e. The van der Waals surface area contributed by atoms with Crippen LogP contribution in [0.25, 0.3) is 33.2 Å². The highest BCUT2D eigenvalue weighted by molar-refractivity contribution is 6.14. The van der Waals surface area contributed by atoms with Gasteiger partial charge in [0.15, 0.2) is 6.10 Å². The molecule has 6 nitrogen and oxygen atoms in total. The lowest BCUT2D eigenvalue weighted by Gasteiger charge is -2.17. The van der Waals surface area contributed by atoms with E-state index in [1.807, 2.05) is 81.4 Å². The Balaban J connectivity index is 1.42. The Morgan fingerprint density at radius 1 is 0.912 bits per heavy atom. The van der Waals surface area contributed by atoms with E-state index in [1.165, 1.54) is 0 Å². The fraction of sp³-hybridized carbons (Fsp3) is 0.179. The number of aromatic nitrogens is 3. The van der Waals surface area contributed by atoms with Crippen molar-refractivity contribution in [2.75, 3.05) is 0 Å². The van der Waals surface area contributed by atoms with Gasteiger partial charge in [-0.1, -0.05) is 55.5 Å². The number of nitrogens with one attached hydrogen (secondary N) is 1. The standard InChI is InChI=1S/C28H25N3O3/c1-4-25(27(32)31-23-11-7-5-9-21(23)22-10-6-8-12-24(22)31)34-28(33)20-15-13-19(14-16-20)26-29-17(2)18(3)30-26/h5-16,25H,4H2,1-3H3,(H,29,30). The van der Waals surface area contributed by atoms with Gasteiger partial charge in [-0.25, -0.2) is 9.78 Å². The van der Waals surface area contributed by atoms with E-state index in [9.17, 15) is 9.59 Å². The van der Waals surface area contributed by atoms with E-state index in [0.717, 1.165) is 44.6 Å². The molecule has 5 rings (SSSR count). The summed E-state index contributed by atoms with van der Waals surface area (Å²) >= 11 is 0. The van der Waals surface area contributed by atoms with Crippen LogP contribution >= 0.6 is 0 Å². The molecule has 1 N–H and O–H groups in total. The summed E-state index contributed by atoms with van der Waals surface area (Å²) < 4.78 is 7.37. The number of esters is 1. The fourth-order valence-corrected chi connectivity index (χ4v) is 4.26. The number of aromatic amines is 1. The number of carbonyl (C=O) groups is 2. The van der Waals surface area contributed by atoms with Crippen molar-refractivity contribution in [2.45, 2.75) is 33.3 Å². The third kappa shape index (κ3) is 3.67. The first-order chi connectivity index (χ1) is 16.5. The Bertz CT molecular complexity index is 1450. The van der Waals surface area contributed by atoms with Crippen LogP contribution in [0, 0.1) is 13.8 Å². The normalized spacial score (nSPS) is 12.2. The Morgan fingerprint density at radius 2 is 1.50 bits per heavy atom. The Labute approximate surface area is 197 Å². The monoisotopic (exact) mass is 451 g/mol. The lowest BCUT2D eigenvalue weighted by Crippen LogP contribution is -2.31. The van der Waals surface area contributed by atoms with E-state index in [0.29, 0.717) is 12.0 Å². The molecule has 1 unspecified atom stereocenters. The molecule has 5 aromatic rings. The number of H-pyrrole nitrogens is 1. The predicted octanol–water partition coefficient (Wildman–Crippen LogP) is 6.08. The Hall–Kier alpha value is -4.19. The third-order valence-corrected chi connectivity index (χ3v) is 6.22.